The zero-order chi connectivity index (χ0) is 12.1. The van der Waals surface area contributed by atoms with Gasteiger partial charge in [0.15, 0.2) is 0 Å². The summed E-state index contributed by atoms with van der Waals surface area (Å²) in [4.78, 5) is 0. The van der Waals surface area contributed by atoms with Crippen molar-refractivity contribution in [1.29, 1.82) is 0 Å². The molecule has 0 bridgehead atoms. The van der Waals surface area contributed by atoms with Crippen molar-refractivity contribution in [3.8, 4) is 0 Å². The molecule has 16 heavy (non-hydrogen) atoms. The summed E-state index contributed by atoms with van der Waals surface area (Å²) >= 11 is 3.33. The summed E-state index contributed by atoms with van der Waals surface area (Å²) in [5, 5.41) is 13.1. The molecule has 0 fully saturated rings. The van der Waals surface area contributed by atoms with Gasteiger partial charge in [0.1, 0.15) is 0 Å². The number of halogens is 1. The van der Waals surface area contributed by atoms with Gasteiger partial charge in [0.05, 0.1) is 6.10 Å². The van der Waals surface area contributed by atoms with Gasteiger partial charge in [-0.3, -0.25) is 0 Å². The summed E-state index contributed by atoms with van der Waals surface area (Å²) in [5.74, 6) is 0.585. The van der Waals surface area contributed by atoms with Crippen molar-refractivity contribution in [1.82, 2.24) is 5.32 Å². The number of rotatable bonds is 5. The second-order valence-electron chi connectivity index (χ2n) is 4.35. The Morgan fingerprint density at radius 2 is 2.06 bits per heavy atom. The van der Waals surface area contributed by atoms with Crippen molar-refractivity contribution in [2.24, 2.45) is 5.92 Å². The lowest BCUT2D eigenvalue weighted by Gasteiger charge is -2.14. The van der Waals surface area contributed by atoms with Crippen molar-refractivity contribution in [2.75, 3.05) is 18.8 Å². The predicted octanol–water partition coefficient (Wildman–Crippen LogP) is 2.31. The normalized spacial score (nSPS) is 13.1. The van der Waals surface area contributed by atoms with Crippen LogP contribution in [0.15, 0.2) is 22.7 Å². The lowest BCUT2D eigenvalue weighted by Crippen LogP contribution is -2.25. The van der Waals surface area contributed by atoms with Crippen LogP contribution in [0, 0.1) is 5.92 Å². The maximum absolute atomic E-state index is 9.92. The molecule has 1 aromatic rings. The van der Waals surface area contributed by atoms with Crippen LogP contribution in [0.25, 0.3) is 0 Å². The summed E-state index contributed by atoms with van der Waals surface area (Å²) in [6.07, 6.45) is -0.505. The summed E-state index contributed by atoms with van der Waals surface area (Å²) in [5.41, 5.74) is 7.25. The number of nitrogens with two attached hydrogens (primary N) is 1. The highest BCUT2D eigenvalue weighted by molar-refractivity contribution is 9.10. The fraction of sp³-hybridized carbons (Fsp3) is 0.500. The predicted molar refractivity (Wildman–Crippen MR) is 71.2 cm³/mol. The fourth-order valence-corrected chi connectivity index (χ4v) is 1.64. The average Bonchev–Trinajstić information content (AvgIpc) is 2.21. The van der Waals surface area contributed by atoms with E-state index in [-0.39, 0.29) is 0 Å². The van der Waals surface area contributed by atoms with E-state index in [1.807, 2.05) is 12.1 Å². The fourth-order valence-electron chi connectivity index (χ4n) is 1.40. The number of nitrogens with one attached hydrogen (secondary N) is 1. The van der Waals surface area contributed by atoms with Crippen molar-refractivity contribution < 1.29 is 5.11 Å². The summed E-state index contributed by atoms with van der Waals surface area (Å²) in [7, 11) is 0. The Morgan fingerprint density at radius 3 is 2.62 bits per heavy atom. The van der Waals surface area contributed by atoms with E-state index in [1.54, 1.807) is 6.07 Å². The van der Waals surface area contributed by atoms with Gasteiger partial charge in [-0.05, 0) is 46.1 Å². The maximum Gasteiger partial charge on any atom is 0.0915 e. The van der Waals surface area contributed by atoms with Crippen molar-refractivity contribution in [3.05, 3.63) is 28.2 Å². The molecule has 0 aliphatic heterocycles. The van der Waals surface area contributed by atoms with Gasteiger partial charge in [-0.15, -0.1) is 0 Å². The highest BCUT2D eigenvalue weighted by atomic mass is 79.9. The topological polar surface area (TPSA) is 58.3 Å². The molecule has 4 heteroatoms. The number of aliphatic hydroxyl groups excluding tert-OH is 1. The molecule has 0 amide bonds. The number of anilines is 1. The van der Waals surface area contributed by atoms with Crippen molar-refractivity contribution in [2.45, 2.75) is 20.0 Å². The van der Waals surface area contributed by atoms with Gasteiger partial charge in [0, 0.05) is 16.7 Å². The molecule has 0 heterocycles. The number of benzene rings is 1. The Hall–Kier alpha value is -0.580. The van der Waals surface area contributed by atoms with Crippen LogP contribution in [0.1, 0.15) is 25.5 Å². The van der Waals surface area contributed by atoms with E-state index in [0.29, 0.717) is 18.2 Å². The molecular formula is C12H19BrN2O. The lowest BCUT2D eigenvalue weighted by atomic mass is 10.1. The first-order valence-electron chi connectivity index (χ1n) is 5.44. The van der Waals surface area contributed by atoms with Crippen molar-refractivity contribution >= 4 is 21.6 Å². The van der Waals surface area contributed by atoms with Gasteiger partial charge in [0.2, 0.25) is 0 Å². The zero-order valence-corrected chi connectivity index (χ0v) is 11.3. The molecule has 90 valence electrons. The standard InChI is InChI=1S/C12H19BrN2O/c1-8(2)6-15-7-12(16)9-3-4-10(13)11(14)5-9/h3-5,8,12,15-16H,6-7,14H2,1-2H3. The molecule has 4 N–H and O–H groups in total. The molecule has 0 aliphatic rings. The van der Waals surface area contributed by atoms with E-state index < -0.39 is 6.10 Å². The van der Waals surface area contributed by atoms with Crippen molar-refractivity contribution in [3.63, 3.8) is 0 Å². The highest BCUT2D eigenvalue weighted by Crippen LogP contribution is 2.23. The zero-order valence-electron chi connectivity index (χ0n) is 9.70. The second kappa shape index (κ2) is 6.23. The van der Waals surface area contributed by atoms with Crippen LogP contribution in [-0.4, -0.2) is 18.2 Å². The maximum atomic E-state index is 9.92. The van der Waals surface area contributed by atoms with Crippen LogP contribution >= 0.6 is 15.9 Å². The molecule has 0 aliphatic carbocycles. The third kappa shape index (κ3) is 4.12. The Balaban J connectivity index is 2.52. The summed E-state index contributed by atoms with van der Waals surface area (Å²) in [6.45, 7) is 5.73. The molecule has 0 spiro atoms. The molecule has 1 unspecified atom stereocenters. The molecule has 1 atom stereocenters. The minimum absolute atomic E-state index is 0.505. The van der Waals surface area contributed by atoms with E-state index in [1.165, 1.54) is 0 Å². The van der Waals surface area contributed by atoms with Crippen LogP contribution in [0.5, 0.6) is 0 Å². The van der Waals surface area contributed by atoms with Gasteiger partial charge in [-0.25, -0.2) is 0 Å². The second-order valence-corrected chi connectivity index (χ2v) is 5.20. The number of nitrogen functional groups attached to an aromatic ring is 1. The smallest absolute Gasteiger partial charge is 0.0915 e. The number of hydrogen-bond donors (Lipinski definition) is 3. The molecule has 1 aromatic carbocycles. The van der Waals surface area contributed by atoms with Crippen LogP contribution in [-0.2, 0) is 0 Å². The van der Waals surface area contributed by atoms with Gasteiger partial charge in [-0.1, -0.05) is 19.9 Å². The van der Waals surface area contributed by atoms with Crippen LogP contribution in [0.3, 0.4) is 0 Å². The monoisotopic (exact) mass is 286 g/mol. The minimum atomic E-state index is -0.505. The lowest BCUT2D eigenvalue weighted by molar-refractivity contribution is 0.173. The Morgan fingerprint density at radius 1 is 1.38 bits per heavy atom. The first-order chi connectivity index (χ1) is 7.50. The molecule has 0 radical (unpaired) electrons. The highest BCUT2D eigenvalue weighted by Gasteiger charge is 2.08. The molecule has 0 saturated heterocycles. The van der Waals surface area contributed by atoms with Gasteiger partial charge < -0.3 is 16.2 Å². The third-order valence-electron chi connectivity index (χ3n) is 2.30. The summed E-state index contributed by atoms with van der Waals surface area (Å²) in [6, 6.07) is 5.53. The van der Waals surface area contributed by atoms with Gasteiger partial charge in [-0.2, -0.15) is 0 Å². The molecule has 3 nitrogen and oxygen atoms in total. The largest absolute Gasteiger partial charge is 0.398 e. The minimum Gasteiger partial charge on any atom is -0.398 e. The van der Waals surface area contributed by atoms with Gasteiger partial charge in [0.25, 0.3) is 0 Å². The van der Waals surface area contributed by atoms with E-state index in [0.717, 1.165) is 16.6 Å². The number of hydrogen-bond acceptors (Lipinski definition) is 3. The quantitative estimate of drug-likeness (QED) is 0.728. The van der Waals surface area contributed by atoms with E-state index in [9.17, 15) is 5.11 Å². The van der Waals surface area contributed by atoms with Crippen LogP contribution in [0.2, 0.25) is 0 Å². The van der Waals surface area contributed by atoms with Crippen LogP contribution in [0.4, 0.5) is 5.69 Å². The first kappa shape index (κ1) is 13.5. The van der Waals surface area contributed by atoms with E-state index in [4.69, 9.17) is 5.73 Å². The Kier molecular flexibility index (Phi) is 5.25. The van der Waals surface area contributed by atoms with Gasteiger partial charge >= 0.3 is 0 Å². The van der Waals surface area contributed by atoms with E-state index >= 15 is 0 Å². The van der Waals surface area contributed by atoms with E-state index in [2.05, 4.69) is 35.1 Å². The van der Waals surface area contributed by atoms with Crippen LogP contribution < -0.4 is 11.1 Å². The molecule has 1 rings (SSSR count). The summed E-state index contributed by atoms with van der Waals surface area (Å²) < 4.78 is 0.860. The Bertz CT molecular complexity index is 342. The average molecular weight is 287 g/mol. The first-order valence-corrected chi connectivity index (χ1v) is 6.23. The molecular weight excluding hydrogens is 268 g/mol. The molecule has 0 aromatic heterocycles. The Labute approximate surface area is 105 Å². The third-order valence-corrected chi connectivity index (χ3v) is 3.02. The SMILES string of the molecule is CC(C)CNCC(O)c1ccc(Br)c(N)c1. The number of aliphatic hydroxyl groups is 1. The molecule has 0 saturated carbocycles.